The molecule has 0 aromatic rings. The van der Waals surface area contributed by atoms with Gasteiger partial charge in [-0.05, 0) is 60.0 Å². The molecule has 0 saturated carbocycles. The van der Waals surface area contributed by atoms with Gasteiger partial charge in [0.05, 0.1) is 0 Å². The van der Waals surface area contributed by atoms with E-state index in [0.29, 0.717) is 11.1 Å². The topological polar surface area (TPSA) is 49.0 Å². The third-order valence-corrected chi connectivity index (χ3v) is 8.68. The lowest BCUT2D eigenvalue weighted by molar-refractivity contribution is 0.203. The number of unbranched alkanes of at least 4 members (excludes halogenated alkanes) is 2. The molecule has 0 aromatic carbocycles. The Bertz CT molecular complexity index is 261. The third-order valence-electron chi connectivity index (χ3n) is 4.20. The first-order valence-corrected chi connectivity index (χ1v) is 13.3. The van der Waals surface area contributed by atoms with Gasteiger partial charge in [-0.25, -0.2) is 0 Å². The van der Waals surface area contributed by atoms with Crippen LogP contribution in [0, 0.1) is 0 Å². The maximum Gasteiger partial charge on any atom is 0.387 e. The van der Waals surface area contributed by atoms with Gasteiger partial charge in [0.2, 0.25) is 0 Å². The second kappa shape index (κ2) is 18.6. The van der Waals surface area contributed by atoms with Crippen molar-refractivity contribution in [1.29, 1.82) is 0 Å². The van der Waals surface area contributed by atoms with Gasteiger partial charge in [0, 0.05) is 37.5 Å². The van der Waals surface area contributed by atoms with Crippen molar-refractivity contribution in [2.45, 2.75) is 84.7 Å². The maximum atomic E-state index is 5.78. The molecule has 0 aromatic heterocycles. The standard InChI is InChI=1S/C19H43NO4Si2/c1-7-21-25(22-8-2)18(5)14-12-11-13-16-20-17-15-19(6)26(23-9-3)24-10-4/h18-20H,7-17H2,1-6H3. The first-order valence-electron chi connectivity index (χ1n) is 10.6. The van der Waals surface area contributed by atoms with E-state index in [9.17, 15) is 0 Å². The summed E-state index contributed by atoms with van der Waals surface area (Å²) < 4.78 is 23.1. The first kappa shape index (κ1) is 26.2. The summed E-state index contributed by atoms with van der Waals surface area (Å²) in [4.78, 5) is 0. The van der Waals surface area contributed by atoms with Crippen LogP contribution in [0.25, 0.3) is 0 Å². The molecule has 0 bridgehead atoms. The molecule has 0 aliphatic heterocycles. The minimum absolute atomic E-state index is 0.519. The van der Waals surface area contributed by atoms with E-state index in [1.807, 2.05) is 13.8 Å². The Morgan fingerprint density at radius 1 is 0.615 bits per heavy atom. The Morgan fingerprint density at radius 3 is 1.54 bits per heavy atom. The molecule has 0 fully saturated rings. The molecule has 2 atom stereocenters. The van der Waals surface area contributed by atoms with Crippen molar-refractivity contribution in [3.63, 3.8) is 0 Å². The van der Waals surface area contributed by atoms with Gasteiger partial charge in [-0.15, -0.1) is 0 Å². The Labute approximate surface area is 166 Å². The predicted molar refractivity (Wildman–Crippen MR) is 113 cm³/mol. The number of hydrogen-bond acceptors (Lipinski definition) is 5. The van der Waals surface area contributed by atoms with Gasteiger partial charge in [-0.2, -0.15) is 0 Å². The lowest BCUT2D eigenvalue weighted by atomic mass is 10.1. The summed E-state index contributed by atoms with van der Waals surface area (Å²) in [5, 5.41) is 3.57. The molecule has 7 heteroatoms. The van der Waals surface area contributed by atoms with Crippen LogP contribution in [-0.2, 0) is 17.7 Å². The molecule has 0 saturated heterocycles. The molecular weight excluding hydrogens is 362 g/mol. The Hall–Kier alpha value is 0.234. The largest absolute Gasteiger partial charge is 0.393 e. The average molecular weight is 406 g/mol. The zero-order valence-electron chi connectivity index (χ0n) is 18.1. The zero-order valence-corrected chi connectivity index (χ0v) is 20.1. The summed E-state index contributed by atoms with van der Waals surface area (Å²) in [6, 6.07) is 0. The fourth-order valence-electron chi connectivity index (χ4n) is 2.78. The van der Waals surface area contributed by atoms with Crippen molar-refractivity contribution in [2.75, 3.05) is 39.5 Å². The molecule has 0 heterocycles. The van der Waals surface area contributed by atoms with Crippen molar-refractivity contribution >= 4 is 18.6 Å². The fraction of sp³-hybridized carbons (Fsp3) is 1.00. The number of hydrogen-bond donors (Lipinski definition) is 1. The highest BCUT2D eigenvalue weighted by Gasteiger charge is 2.24. The second-order valence-electron chi connectivity index (χ2n) is 6.56. The molecule has 2 radical (unpaired) electrons. The zero-order chi connectivity index (χ0) is 19.6. The molecule has 0 amide bonds. The summed E-state index contributed by atoms with van der Waals surface area (Å²) >= 11 is 0. The van der Waals surface area contributed by atoms with Gasteiger partial charge in [0.25, 0.3) is 0 Å². The van der Waals surface area contributed by atoms with E-state index in [4.69, 9.17) is 17.7 Å². The van der Waals surface area contributed by atoms with E-state index in [-0.39, 0.29) is 0 Å². The van der Waals surface area contributed by atoms with Crippen LogP contribution >= 0.6 is 0 Å². The van der Waals surface area contributed by atoms with Crippen molar-refractivity contribution in [3.8, 4) is 0 Å². The molecule has 156 valence electrons. The van der Waals surface area contributed by atoms with Crippen LogP contribution < -0.4 is 5.32 Å². The van der Waals surface area contributed by atoms with Gasteiger partial charge in [0.1, 0.15) is 0 Å². The monoisotopic (exact) mass is 405 g/mol. The van der Waals surface area contributed by atoms with E-state index in [1.54, 1.807) is 0 Å². The SMILES string of the molecule is CCO[Si](OCC)C(C)CCCCCNCCC(C)[Si](OCC)OCC. The van der Waals surface area contributed by atoms with Crippen molar-refractivity contribution in [2.24, 2.45) is 0 Å². The fourth-order valence-corrected chi connectivity index (χ4v) is 6.04. The van der Waals surface area contributed by atoms with Gasteiger partial charge in [-0.1, -0.05) is 26.7 Å². The van der Waals surface area contributed by atoms with E-state index in [1.165, 1.54) is 25.7 Å². The van der Waals surface area contributed by atoms with Crippen LogP contribution in [0.4, 0.5) is 0 Å². The molecule has 0 aliphatic rings. The quantitative estimate of drug-likeness (QED) is 0.254. The lowest BCUT2D eigenvalue weighted by Gasteiger charge is -2.20. The van der Waals surface area contributed by atoms with Gasteiger partial charge in [-0.3, -0.25) is 0 Å². The summed E-state index contributed by atoms with van der Waals surface area (Å²) in [7, 11) is -2.20. The molecule has 2 unspecified atom stereocenters. The second-order valence-corrected chi connectivity index (χ2v) is 11.0. The predicted octanol–water partition coefficient (Wildman–Crippen LogP) is 4.43. The van der Waals surface area contributed by atoms with Crippen LogP contribution in [-0.4, -0.2) is 58.1 Å². The highest BCUT2D eigenvalue weighted by atomic mass is 28.3. The summed E-state index contributed by atoms with van der Waals surface area (Å²) in [5.41, 5.74) is 1.08. The van der Waals surface area contributed by atoms with Gasteiger partial charge < -0.3 is 23.0 Å². The summed E-state index contributed by atoms with van der Waals surface area (Å²) in [6.07, 6.45) is 6.10. The van der Waals surface area contributed by atoms with E-state index in [2.05, 4.69) is 33.0 Å². The third kappa shape index (κ3) is 13.4. The maximum absolute atomic E-state index is 5.78. The van der Waals surface area contributed by atoms with Crippen LogP contribution in [0.1, 0.15) is 73.6 Å². The van der Waals surface area contributed by atoms with Crippen molar-refractivity contribution in [3.05, 3.63) is 0 Å². The average Bonchev–Trinajstić information content (AvgIpc) is 2.63. The molecule has 26 heavy (non-hydrogen) atoms. The Balaban J connectivity index is 3.68. The normalized spacial score (nSPS) is 14.3. The molecule has 1 N–H and O–H groups in total. The van der Waals surface area contributed by atoms with Crippen LogP contribution in [0.2, 0.25) is 11.1 Å². The minimum atomic E-state index is -1.11. The molecule has 0 aliphatic carbocycles. The van der Waals surface area contributed by atoms with Gasteiger partial charge >= 0.3 is 18.6 Å². The first-order chi connectivity index (χ1) is 12.6. The molecule has 0 rings (SSSR count). The summed E-state index contributed by atoms with van der Waals surface area (Å²) in [6.45, 7) is 17.9. The smallest absolute Gasteiger partial charge is 0.387 e. The highest BCUT2D eigenvalue weighted by molar-refractivity contribution is 6.46. The number of nitrogens with one attached hydrogen (secondary N) is 1. The van der Waals surface area contributed by atoms with E-state index in [0.717, 1.165) is 45.9 Å². The minimum Gasteiger partial charge on any atom is -0.393 e. The molecular formula is C19H43NO4Si2. The molecule has 5 nitrogen and oxygen atoms in total. The lowest BCUT2D eigenvalue weighted by Crippen LogP contribution is -2.30. The Kier molecular flexibility index (Phi) is 18.8. The van der Waals surface area contributed by atoms with E-state index < -0.39 is 18.6 Å². The highest BCUT2D eigenvalue weighted by Crippen LogP contribution is 2.20. The van der Waals surface area contributed by atoms with Crippen LogP contribution in [0.5, 0.6) is 0 Å². The Morgan fingerprint density at radius 2 is 1.08 bits per heavy atom. The van der Waals surface area contributed by atoms with Crippen molar-refractivity contribution in [1.82, 2.24) is 5.32 Å². The van der Waals surface area contributed by atoms with E-state index >= 15 is 0 Å². The van der Waals surface area contributed by atoms with Crippen LogP contribution in [0.3, 0.4) is 0 Å². The summed E-state index contributed by atoms with van der Waals surface area (Å²) in [5.74, 6) is 0. The van der Waals surface area contributed by atoms with Crippen LogP contribution in [0.15, 0.2) is 0 Å². The number of rotatable bonds is 19. The van der Waals surface area contributed by atoms with Gasteiger partial charge in [0.15, 0.2) is 0 Å². The van der Waals surface area contributed by atoms with Crippen molar-refractivity contribution < 1.29 is 17.7 Å². The molecule has 0 spiro atoms.